The molecule has 1 unspecified atom stereocenters. The van der Waals surface area contributed by atoms with E-state index < -0.39 is 11.7 Å². The van der Waals surface area contributed by atoms with E-state index in [-0.39, 0.29) is 12.6 Å². The van der Waals surface area contributed by atoms with Gasteiger partial charge in [-0.15, -0.1) is 0 Å². The van der Waals surface area contributed by atoms with Crippen LogP contribution in [0, 0.1) is 0 Å². The van der Waals surface area contributed by atoms with Gasteiger partial charge in [-0.05, 0) is 31.5 Å². The highest BCUT2D eigenvalue weighted by molar-refractivity contribution is 8.33. The second-order valence-electron chi connectivity index (χ2n) is 5.05. The standard InChI is InChI=1S/C13H20N2O3S2/c1-3-18-11(16)13(17)10(20-12(19)15(13)2)14-9-7-5-4-6-8-9/h9,17H,3-8H2,1-2H3. The van der Waals surface area contributed by atoms with Crippen LogP contribution in [-0.2, 0) is 9.53 Å². The largest absolute Gasteiger partial charge is 0.462 e. The zero-order chi connectivity index (χ0) is 14.8. The average Bonchev–Trinajstić information content (AvgIpc) is 2.66. The third-order valence-corrected chi connectivity index (χ3v) is 5.23. The van der Waals surface area contributed by atoms with Crippen molar-refractivity contribution in [1.29, 1.82) is 0 Å². The Balaban J connectivity index is 2.26. The number of hydrogen-bond donors (Lipinski definition) is 1. The normalized spacial score (nSPS) is 30.1. The maximum Gasteiger partial charge on any atom is 0.367 e. The number of aliphatic imine (C=N–C) groups is 1. The van der Waals surface area contributed by atoms with Crippen LogP contribution in [0.4, 0.5) is 0 Å². The number of ether oxygens (including phenoxy) is 1. The second-order valence-corrected chi connectivity index (χ2v) is 6.67. The highest BCUT2D eigenvalue weighted by Crippen LogP contribution is 2.35. The van der Waals surface area contributed by atoms with Gasteiger partial charge in [0.2, 0.25) is 0 Å². The van der Waals surface area contributed by atoms with Crippen LogP contribution < -0.4 is 0 Å². The molecule has 2 rings (SSSR count). The predicted octanol–water partition coefficient (Wildman–Crippen LogP) is 1.93. The minimum absolute atomic E-state index is 0.168. The van der Waals surface area contributed by atoms with Gasteiger partial charge in [-0.1, -0.05) is 31.5 Å². The van der Waals surface area contributed by atoms with E-state index in [1.165, 1.54) is 23.1 Å². The minimum Gasteiger partial charge on any atom is -0.462 e. The number of carbonyl (C=O) groups excluding carboxylic acids is 1. The Labute approximate surface area is 128 Å². The first kappa shape index (κ1) is 15.7. The Hall–Kier alpha value is -0.660. The number of rotatable bonds is 3. The fourth-order valence-electron chi connectivity index (χ4n) is 2.45. The van der Waals surface area contributed by atoms with Crippen molar-refractivity contribution in [1.82, 2.24) is 4.90 Å². The highest BCUT2D eigenvalue weighted by atomic mass is 32.2. The molecule has 1 aliphatic carbocycles. The number of aliphatic hydroxyl groups is 1. The molecule has 1 N–H and O–H groups in total. The lowest BCUT2D eigenvalue weighted by molar-refractivity contribution is -0.166. The topological polar surface area (TPSA) is 62.1 Å². The molecular weight excluding hydrogens is 296 g/mol. The van der Waals surface area contributed by atoms with Gasteiger partial charge in [0.05, 0.1) is 12.6 Å². The van der Waals surface area contributed by atoms with Gasteiger partial charge in [0.15, 0.2) is 0 Å². The molecule has 20 heavy (non-hydrogen) atoms. The number of hydrogen-bond acceptors (Lipinski definition) is 6. The van der Waals surface area contributed by atoms with Crippen molar-refractivity contribution in [3.05, 3.63) is 0 Å². The summed E-state index contributed by atoms with van der Waals surface area (Å²) in [6, 6.07) is 0.168. The Morgan fingerprint density at radius 1 is 1.55 bits per heavy atom. The van der Waals surface area contributed by atoms with Crippen LogP contribution in [0.25, 0.3) is 0 Å². The maximum absolute atomic E-state index is 12.1. The van der Waals surface area contributed by atoms with Crippen molar-refractivity contribution in [3.63, 3.8) is 0 Å². The van der Waals surface area contributed by atoms with E-state index in [0.29, 0.717) is 9.36 Å². The lowest BCUT2D eigenvalue weighted by Crippen LogP contribution is -2.55. The summed E-state index contributed by atoms with van der Waals surface area (Å²) in [5.41, 5.74) is -1.85. The first-order chi connectivity index (χ1) is 9.50. The molecule has 1 aliphatic heterocycles. The molecular formula is C13H20N2O3S2. The second kappa shape index (κ2) is 6.41. The van der Waals surface area contributed by atoms with Gasteiger partial charge in [0, 0.05) is 7.05 Å². The summed E-state index contributed by atoms with van der Waals surface area (Å²) in [6.07, 6.45) is 5.52. The Morgan fingerprint density at radius 2 is 2.20 bits per heavy atom. The third-order valence-electron chi connectivity index (χ3n) is 3.68. The molecule has 1 saturated heterocycles. The van der Waals surface area contributed by atoms with Crippen LogP contribution in [0.5, 0.6) is 0 Å². The predicted molar refractivity (Wildman–Crippen MR) is 83.8 cm³/mol. The van der Waals surface area contributed by atoms with Gasteiger partial charge < -0.3 is 14.7 Å². The van der Waals surface area contributed by atoms with Gasteiger partial charge >= 0.3 is 5.97 Å². The van der Waals surface area contributed by atoms with Crippen molar-refractivity contribution < 1.29 is 14.6 Å². The smallest absolute Gasteiger partial charge is 0.367 e. The molecule has 0 spiro atoms. The molecule has 0 aromatic rings. The number of thiocarbonyl (C=S) groups is 1. The molecule has 2 fully saturated rings. The lowest BCUT2D eigenvalue weighted by atomic mass is 9.96. The highest BCUT2D eigenvalue weighted by Gasteiger charge is 2.54. The van der Waals surface area contributed by atoms with Crippen LogP contribution in [0.2, 0.25) is 0 Å². The van der Waals surface area contributed by atoms with E-state index in [2.05, 4.69) is 4.99 Å². The molecule has 0 aromatic heterocycles. The van der Waals surface area contributed by atoms with Crippen molar-refractivity contribution in [2.45, 2.75) is 50.8 Å². The van der Waals surface area contributed by atoms with Crippen LogP contribution in [0.15, 0.2) is 4.99 Å². The number of esters is 1. The van der Waals surface area contributed by atoms with Crippen LogP contribution in [0.1, 0.15) is 39.0 Å². The number of thioether (sulfide) groups is 1. The number of nitrogens with zero attached hydrogens (tertiary/aromatic N) is 2. The van der Waals surface area contributed by atoms with Crippen LogP contribution in [-0.4, -0.2) is 50.8 Å². The van der Waals surface area contributed by atoms with E-state index in [1.807, 2.05) is 0 Å². The number of carbonyl (C=O) groups is 1. The molecule has 2 aliphatic rings. The van der Waals surface area contributed by atoms with Crippen molar-refractivity contribution in [2.24, 2.45) is 4.99 Å². The SMILES string of the molecule is CCOC(=O)C1(O)C(=NC2CCCCC2)SC(=S)N1C. The summed E-state index contributed by atoms with van der Waals surface area (Å²) < 4.78 is 5.42. The van der Waals surface area contributed by atoms with Crippen LogP contribution in [0.3, 0.4) is 0 Å². The molecule has 0 bridgehead atoms. The zero-order valence-corrected chi connectivity index (χ0v) is 13.4. The molecule has 0 radical (unpaired) electrons. The Kier molecular flexibility index (Phi) is 5.04. The number of likely N-dealkylation sites (N-methyl/N-ethyl adjacent to an activating group) is 1. The molecule has 1 atom stereocenters. The maximum atomic E-state index is 12.1. The van der Waals surface area contributed by atoms with Gasteiger partial charge in [0.1, 0.15) is 9.36 Å². The average molecular weight is 316 g/mol. The van der Waals surface area contributed by atoms with Gasteiger partial charge in [-0.3, -0.25) is 4.99 Å². The van der Waals surface area contributed by atoms with Crippen molar-refractivity contribution >= 4 is 39.3 Å². The summed E-state index contributed by atoms with van der Waals surface area (Å²) in [5.74, 6) is -0.704. The van der Waals surface area contributed by atoms with E-state index in [0.717, 1.165) is 25.7 Å². The van der Waals surface area contributed by atoms with E-state index in [9.17, 15) is 9.90 Å². The molecule has 5 nitrogen and oxygen atoms in total. The Bertz CT molecular complexity index is 435. The summed E-state index contributed by atoms with van der Waals surface area (Å²) >= 11 is 6.36. The molecule has 1 heterocycles. The monoisotopic (exact) mass is 316 g/mol. The van der Waals surface area contributed by atoms with Gasteiger partial charge in [0.25, 0.3) is 5.72 Å². The zero-order valence-electron chi connectivity index (χ0n) is 11.8. The minimum atomic E-state index is -1.85. The molecule has 7 heteroatoms. The summed E-state index contributed by atoms with van der Waals surface area (Å²) in [4.78, 5) is 18.1. The lowest BCUT2D eigenvalue weighted by Gasteiger charge is -2.29. The van der Waals surface area contributed by atoms with Gasteiger partial charge in [-0.25, -0.2) is 4.79 Å². The first-order valence-corrected chi connectivity index (χ1v) is 8.16. The quantitative estimate of drug-likeness (QED) is 0.634. The molecule has 0 aromatic carbocycles. The molecule has 0 amide bonds. The Morgan fingerprint density at radius 3 is 2.80 bits per heavy atom. The summed E-state index contributed by atoms with van der Waals surface area (Å²) in [5, 5.41) is 11.1. The third kappa shape index (κ3) is 2.84. The molecule has 1 saturated carbocycles. The summed E-state index contributed by atoms with van der Waals surface area (Å²) in [6.45, 7) is 1.92. The fourth-order valence-corrected chi connectivity index (χ4v) is 3.81. The van der Waals surface area contributed by atoms with Crippen LogP contribution >= 0.6 is 24.0 Å². The van der Waals surface area contributed by atoms with Gasteiger partial charge in [-0.2, -0.15) is 0 Å². The fraction of sp³-hybridized carbons (Fsp3) is 0.769. The molecule has 112 valence electrons. The van der Waals surface area contributed by atoms with E-state index in [1.54, 1.807) is 14.0 Å². The van der Waals surface area contributed by atoms with E-state index >= 15 is 0 Å². The van der Waals surface area contributed by atoms with E-state index in [4.69, 9.17) is 17.0 Å². The van der Waals surface area contributed by atoms with Crippen molar-refractivity contribution in [2.75, 3.05) is 13.7 Å². The first-order valence-electron chi connectivity index (χ1n) is 6.93. The van der Waals surface area contributed by atoms with Crippen molar-refractivity contribution in [3.8, 4) is 0 Å². The summed E-state index contributed by atoms with van der Waals surface area (Å²) in [7, 11) is 1.59.